The maximum atomic E-state index is 13.1. The van der Waals surface area contributed by atoms with Crippen molar-refractivity contribution in [2.75, 3.05) is 0 Å². The van der Waals surface area contributed by atoms with Gasteiger partial charge >= 0.3 is 0 Å². The highest BCUT2D eigenvalue weighted by molar-refractivity contribution is 6.29. The first kappa shape index (κ1) is 20.6. The summed E-state index contributed by atoms with van der Waals surface area (Å²) in [6, 6.07) is 13.0. The largest absolute Gasteiger partial charge is 0.493 e. The van der Waals surface area contributed by atoms with E-state index in [0.717, 1.165) is 4.57 Å². The fraction of sp³-hybridized carbons (Fsp3) is 0.0833. The predicted octanol–water partition coefficient (Wildman–Crippen LogP) is 4.11. The first-order valence-corrected chi connectivity index (χ1v) is 9.61. The Kier molecular flexibility index (Phi) is 5.08. The zero-order chi connectivity index (χ0) is 23.0. The molecule has 4 rings (SSSR count). The Morgan fingerprint density at radius 2 is 1.69 bits per heavy atom. The van der Waals surface area contributed by atoms with Crippen molar-refractivity contribution < 1.29 is 14.7 Å². The van der Waals surface area contributed by atoms with Crippen LogP contribution in [0.5, 0.6) is 5.88 Å². The lowest BCUT2D eigenvalue weighted by Gasteiger charge is -2.18. The number of azo groups is 1. The molecule has 1 aliphatic carbocycles. The summed E-state index contributed by atoms with van der Waals surface area (Å²) in [6.07, 6.45) is 1.40. The minimum atomic E-state index is -0.671. The van der Waals surface area contributed by atoms with Crippen molar-refractivity contribution in [1.82, 2.24) is 4.57 Å². The fourth-order valence-electron chi connectivity index (χ4n) is 3.67. The summed E-state index contributed by atoms with van der Waals surface area (Å²) in [5, 5.41) is 28.1. The molecule has 0 atom stereocenters. The quantitative estimate of drug-likeness (QED) is 0.390. The molecule has 0 amide bonds. The number of fused-ring (bicyclic) bond motifs is 2. The van der Waals surface area contributed by atoms with E-state index in [1.54, 1.807) is 36.4 Å². The standard InChI is InChI=1S/C24H16N4O4/c1-3-11-28-23(31)17(12-25)13(2)20(24(28)32)27-26-18-10-6-9-16-19(18)22(30)15-8-5-4-7-14(15)21(16)29/h3-10,32H,1,11H2,2H3/b27-26+. The van der Waals surface area contributed by atoms with Crippen LogP contribution >= 0.6 is 0 Å². The van der Waals surface area contributed by atoms with Gasteiger partial charge in [-0.05, 0) is 13.0 Å². The molecule has 32 heavy (non-hydrogen) atoms. The molecule has 1 N–H and O–H groups in total. The average Bonchev–Trinajstić information content (AvgIpc) is 2.80. The van der Waals surface area contributed by atoms with Crippen LogP contribution in [0.25, 0.3) is 0 Å². The van der Waals surface area contributed by atoms with Crippen LogP contribution in [0.3, 0.4) is 0 Å². The van der Waals surface area contributed by atoms with Crippen molar-refractivity contribution in [1.29, 1.82) is 5.26 Å². The molecular formula is C24H16N4O4. The second kappa shape index (κ2) is 7.89. The maximum absolute atomic E-state index is 13.1. The summed E-state index contributed by atoms with van der Waals surface area (Å²) >= 11 is 0. The van der Waals surface area contributed by atoms with Gasteiger partial charge in [-0.2, -0.15) is 5.26 Å². The molecule has 0 bridgehead atoms. The third-order valence-corrected chi connectivity index (χ3v) is 5.27. The van der Waals surface area contributed by atoms with Gasteiger partial charge in [0.15, 0.2) is 17.3 Å². The van der Waals surface area contributed by atoms with Gasteiger partial charge in [0.25, 0.3) is 5.56 Å². The molecule has 0 unspecified atom stereocenters. The first-order chi connectivity index (χ1) is 15.4. The summed E-state index contributed by atoms with van der Waals surface area (Å²) in [7, 11) is 0. The minimum absolute atomic E-state index is 0.0351. The van der Waals surface area contributed by atoms with E-state index in [4.69, 9.17) is 0 Å². The smallest absolute Gasteiger partial charge is 0.271 e. The average molecular weight is 424 g/mol. The lowest BCUT2D eigenvalue weighted by Crippen LogP contribution is -2.23. The van der Waals surface area contributed by atoms with Crippen LogP contribution in [0.1, 0.15) is 43.0 Å². The number of aromatic nitrogens is 1. The topological polar surface area (TPSA) is 125 Å². The van der Waals surface area contributed by atoms with Crippen molar-refractivity contribution in [3.05, 3.63) is 98.9 Å². The molecule has 1 aromatic heterocycles. The van der Waals surface area contributed by atoms with Crippen LogP contribution in [-0.4, -0.2) is 21.2 Å². The molecule has 156 valence electrons. The molecule has 0 spiro atoms. The number of nitriles is 1. The monoisotopic (exact) mass is 424 g/mol. The van der Waals surface area contributed by atoms with E-state index in [1.165, 1.54) is 19.1 Å². The number of hydrogen-bond acceptors (Lipinski definition) is 7. The SMILES string of the molecule is C=CCn1c(O)c(/N=N/c2cccc3c2C(=O)c2ccccc2C3=O)c(C)c(C#N)c1=O. The number of hydrogen-bond donors (Lipinski definition) is 1. The highest BCUT2D eigenvalue weighted by Gasteiger charge is 2.31. The second-order valence-electron chi connectivity index (χ2n) is 7.09. The highest BCUT2D eigenvalue weighted by atomic mass is 16.3. The van der Waals surface area contributed by atoms with Crippen LogP contribution in [-0.2, 0) is 6.54 Å². The molecular weight excluding hydrogens is 408 g/mol. The van der Waals surface area contributed by atoms with Gasteiger partial charge in [-0.15, -0.1) is 16.8 Å². The molecule has 8 heteroatoms. The number of carbonyl (C=O) groups is 2. The summed E-state index contributed by atoms with van der Waals surface area (Å²) in [5.41, 5.74) is 0.254. The Bertz CT molecular complexity index is 1460. The Labute approximate surface area is 182 Å². The summed E-state index contributed by atoms with van der Waals surface area (Å²) in [5.74, 6) is -1.13. The van der Waals surface area contributed by atoms with E-state index in [-0.39, 0.29) is 57.3 Å². The van der Waals surface area contributed by atoms with E-state index in [9.17, 15) is 24.8 Å². The summed E-state index contributed by atoms with van der Waals surface area (Å²) in [4.78, 5) is 38.4. The van der Waals surface area contributed by atoms with E-state index in [2.05, 4.69) is 16.8 Å². The van der Waals surface area contributed by atoms with Gasteiger partial charge in [0.1, 0.15) is 11.6 Å². The van der Waals surface area contributed by atoms with Gasteiger partial charge < -0.3 is 5.11 Å². The number of allylic oxidation sites excluding steroid dienone is 1. The molecule has 2 aromatic carbocycles. The van der Waals surface area contributed by atoms with Gasteiger partial charge in [0.2, 0.25) is 5.88 Å². The minimum Gasteiger partial charge on any atom is -0.493 e. The van der Waals surface area contributed by atoms with Crippen molar-refractivity contribution in [3.8, 4) is 11.9 Å². The van der Waals surface area contributed by atoms with Crippen LogP contribution < -0.4 is 5.56 Å². The number of aromatic hydroxyl groups is 1. The summed E-state index contributed by atoms with van der Waals surface area (Å²) in [6.45, 7) is 4.98. The van der Waals surface area contributed by atoms with Crippen molar-refractivity contribution in [2.24, 2.45) is 10.2 Å². The van der Waals surface area contributed by atoms with E-state index in [0.29, 0.717) is 5.56 Å². The Morgan fingerprint density at radius 3 is 2.34 bits per heavy atom. The fourth-order valence-corrected chi connectivity index (χ4v) is 3.67. The van der Waals surface area contributed by atoms with Gasteiger partial charge in [0, 0.05) is 28.8 Å². The van der Waals surface area contributed by atoms with Gasteiger partial charge in [0.05, 0.1) is 11.3 Å². The number of benzene rings is 2. The number of rotatable bonds is 4. The molecule has 3 aromatic rings. The van der Waals surface area contributed by atoms with E-state index in [1.807, 2.05) is 6.07 Å². The van der Waals surface area contributed by atoms with Gasteiger partial charge in [-0.3, -0.25) is 19.0 Å². The number of pyridine rings is 1. The zero-order valence-corrected chi connectivity index (χ0v) is 17.0. The van der Waals surface area contributed by atoms with E-state index < -0.39 is 11.4 Å². The summed E-state index contributed by atoms with van der Waals surface area (Å²) < 4.78 is 0.957. The Balaban J connectivity index is 1.89. The Morgan fingerprint density at radius 1 is 1.03 bits per heavy atom. The van der Waals surface area contributed by atoms with Crippen LogP contribution in [0, 0.1) is 18.3 Å². The molecule has 1 heterocycles. The molecule has 1 aliphatic rings. The molecule has 0 saturated heterocycles. The van der Waals surface area contributed by atoms with Crippen LogP contribution in [0.15, 0.2) is 70.1 Å². The molecule has 0 radical (unpaired) electrons. The number of carbonyl (C=O) groups excluding carboxylic acids is 2. The van der Waals surface area contributed by atoms with Gasteiger partial charge in [-0.25, -0.2) is 0 Å². The van der Waals surface area contributed by atoms with Crippen LogP contribution in [0.2, 0.25) is 0 Å². The van der Waals surface area contributed by atoms with E-state index >= 15 is 0 Å². The molecule has 0 fully saturated rings. The first-order valence-electron chi connectivity index (χ1n) is 9.61. The maximum Gasteiger partial charge on any atom is 0.271 e. The van der Waals surface area contributed by atoms with Crippen molar-refractivity contribution >= 4 is 22.9 Å². The van der Waals surface area contributed by atoms with Gasteiger partial charge in [-0.1, -0.05) is 42.5 Å². The predicted molar refractivity (Wildman–Crippen MR) is 116 cm³/mol. The molecule has 0 aliphatic heterocycles. The van der Waals surface area contributed by atoms with Crippen molar-refractivity contribution in [3.63, 3.8) is 0 Å². The molecule has 8 nitrogen and oxygen atoms in total. The molecule has 0 saturated carbocycles. The van der Waals surface area contributed by atoms with Crippen molar-refractivity contribution in [2.45, 2.75) is 13.5 Å². The third-order valence-electron chi connectivity index (χ3n) is 5.27. The van der Waals surface area contributed by atoms with Crippen LogP contribution in [0.4, 0.5) is 11.4 Å². The zero-order valence-electron chi connectivity index (χ0n) is 17.0. The number of ketones is 2. The normalized spacial score (nSPS) is 12.4. The Hall–Kier alpha value is -4.64. The second-order valence-corrected chi connectivity index (χ2v) is 7.09. The lowest BCUT2D eigenvalue weighted by atomic mass is 9.83. The highest BCUT2D eigenvalue weighted by Crippen LogP contribution is 2.36. The lowest BCUT2D eigenvalue weighted by molar-refractivity contribution is 0.0979. The third kappa shape index (κ3) is 3.04. The number of nitrogens with zero attached hydrogens (tertiary/aromatic N) is 4.